The maximum atomic E-state index is 12.5. The van der Waals surface area contributed by atoms with Crippen molar-refractivity contribution in [2.24, 2.45) is 0 Å². The Bertz CT molecular complexity index is 990. The van der Waals surface area contributed by atoms with Crippen molar-refractivity contribution >= 4 is 28.0 Å². The zero-order chi connectivity index (χ0) is 21.6. The van der Waals surface area contributed by atoms with Gasteiger partial charge in [0, 0.05) is 20.3 Å². The third kappa shape index (κ3) is 5.41. The Labute approximate surface area is 166 Å². The molecule has 0 unspecified atom stereocenters. The lowest BCUT2D eigenvalue weighted by Crippen LogP contribution is -2.35. The first-order chi connectivity index (χ1) is 13.7. The summed E-state index contributed by atoms with van der Waals surface area (Å²) < 4.78 is 36.4. The van der Waals surface area contributed by atoms with Crippen LogP contribution in [-0.4, -0.2) is 68.6 Å². The van der Waals surface area contributed by atoms with E-state index in [1.165, 1.54) is 57.6 Å². The smallest absolute Gasteiger partial charge is 0.445 e. The fourth-order valence-electron chi connectivity index (χ4n) is 1.94. The molecule has 2 heterocycles. The number of methoxy groups -OCH3 is 2. The Morgan fingerprint density at radius 2 is 1.72 bits per heavy atom. The Morgan fingerprint density at radius 3 is 2.28 bits per heavy atom. The van der Waals surface area contributed by atoms with Crippen LogP contribution in [0.2, 0.25) is 0 Å². The first-order valence-electron chi connectivity index (χ1n) is 7.81. The number of hydrogen-bond donors (Lipinski definition) is 2. The number of nitrogens with one attached hydrogen (secondary N) is 2. The number of ether oxygens (including phenoxy) is 2. The molecule has 0 saturated carbocycles. The van der Waals surface area contributed by atoms with Gasteiger partial charge < -0.3 is 19.2 Å². The monoisotopic (exact) mass is 426 g/mol. The fraction of sp³-hybridized carbons (Fsp3) is 0.267. The molecule has 13 nitrogen and oxygen atoms in total. The number of carbonyl (C=O) groups excluding carboxylic acids is 2. The number of hydrogen-bond acceptors (Lipinski definition) is 11. The summed E-state index contributed by atoms with van der Waals surface area (Å²) in [7, 11) is 1.08. The van der Waals surface area contributed by atoms with Crippen LogP contribution < -0.4 is 19.7 Å². The van der Waals surface area contributed by atoms with Crippen LogP contribution in [0.1, 0.15) is 10.4 Å². The van der Waals surface area contributed by atoms with E-state index in [0.717, 1.165) is 0 Å². The number of carbonyl (C=O) groups is 2. The molecule has 2 aromatic heterocycles. The van der Waals surface area contributed by atoms with Gasteiger partial charge >= 0.3 is 6.09 Å². The van der Waals surface area contributed by atoms with Crippen LogP contribution in [0.25, 0.3) is 0 Å². The zero-order valence-electron chi connectivity index (χ0n) is 15.9. The van der Waals surface area contributed by atoms with Crippen molar-refractivity contribution < 1.29 is 32.3 Å². The summed E-state index contributed by atoms with van der Waals surface area (Å²) in [5, 5.41) is -0.630. The van der Waals surface area contributed by atoms with Gasteiger partial charge in [-0.1, -0.05) is 0 Å². The van der Waals surface area contributed by atoms with Crippen molar-refractivity contribution in [3.05, 3.63) is 30.0 Å². The molecule has 0 spiro atoms. The van der Waals surface area contributed by atoms with Gasteiger partial charge in [0.15, 0.2) is 5.03 Å². The van der Waals surface area contributed by atoms with Gasteiger partial charge in [0.25, 0.3) is 21.9 Å². The van der Waals surface area contributed by atoms with Crippen molar-refractivity contribution in [2.75, 3.05) is 33.8 Å². The Morgan fingerprint density at radius 1 is 1.10 bits per heavy atom. The van der Waals surface area contributed by atoms with Crippen LogP contribution in [0.15, 0.2) is 29.4 Å². The highest BCUT2D eigenvalue weighted by Crippen LogP contribution is 2.17. The number of sulfonamides is 1. The van der Waals surface area contributed by atoms with Gasteiger partial charge in [0.2, 0.25) is 11.8 Å². The molecule has 156 valence electrons. The highest BCUT2D eigenvalue weighted by atomic mass is 32.2. The normalized spacial score (nSPS) is 10.6. The maximum Gasteiger partial charge on any atom is 0.445 e. The average molecular weight is 426 g/mol. The van der Waals surface area contributed by atoms with E-state index in [-0.39, 0.29) is 23.3 Å². The van der Waals surface area contributed by atoms with Crippen LogP contribution in [0.4, 0.5) is 10.7 Å². The first-order valence-corrected chi connectivity index (χ1v) is 9.29. The third-order valence-electron chi connectivity index (χ3n) is 3.21. The Hall–Kier alpha value is -3.68. The molecule has 2 aromatic rings. The summed E-state index contributed by atoms with van der Waals surface area (Å²) in [5.41, 5.74) is 1.85. The van der Waals surface area contributed by atoms with Crippen LogP contribution in [0.3, 0.4) is 0 Å². The molecule has 0 fully saturated rings. The summed E-state index contributed by atoms with van der Waals surface area (Å²) >= 11 is 0. The number of pyridine rings is 1. The van der Waals surface area contributed by atoms with Crippen molar-refractivity contribution in [2.45, 2.75) is 5.03 Å². The van der Waals surface area contributed by atoms with Gasteiger partial charge in [-0.05, 0) is 12.1 Å². The van der Waals surface area contributed by atoms with E-state index in [9.17, 15) is 18.0 Å². The number of nitrogens with zero attached hydrogens (tertiary/aromatic N) is 4. The third-order valence-corrected chi connectivity index (χ3v) is 4.48. The van der Waals surface area contributed by atoms with E-state index >= 15 is 0 Å². The first kappa shape index (κ1) is 21.6. The summed E-state index contributed by atoms with van der Waals surface area (Å²) in [5.74, 6) is -0.621. The number of anilines is 1. The molecular weight excluding hydrogens is 408 g/mol. The maximum absolute atomic E-state index is 12.5. The molecule has 14 heteroatoms. The molecule has 0 aliphatic rings. The molecule has 0 aliphatic heterocycles. The minimum absolute atomic E-state index is 0.108. The molecule has 2 amide bonds. The fourth-order valence-corrected chi connectivity index (χ4v) is 2.94. The Kier molecular flexibility index (Phi) is 6.71. The summed E-state index contributed by atoms with van der Waals surface area (Å²) in [6.07, 6.45) is -0.245. The van der Waals surface area contributed by atoms with Crippen molar-refractivity contribution in [1.82, 2.24) is 24.6 Å². The number of rotatable bonds is 7. The van der Waals surface area contributed by atoms with Gasteiger partial charge in [0.1, 0.15) is 0 Å². The van der Waals surface area contributed by atoms with E-state index in [0.29, 0.717) is 0 Å². The molecule has 29 heavy (non-hydrogen) atoms. The molecule has 2 rings (SSSR count). The lowest BCUT2D eigenvalue weighted by Gasteiger charge is -2.14. The predicted octanol–water partition coefficient (Wildman–Crippen LogP) is 0.0326. The topological polar surface area (TPSA) is 162 Å². The van der Waals surface area contributed by atoms with E-state index in [1.807, 2.05) is 0 Å². The lowest BCUT2D eigenvalue weighted by molar-refractivity contribution is 0.0822. The highest BCUT2D eigenvalue weighted by Gasteiger charge is 2.27. The number of amides is 2. The molecule has 0 aromatic carbocycles. The molecule has 2 N–H and O–H groups in total. The predicted molar refractivity (Wildman–Crippen MR) is 97.8 cm³/mol. The van der Waals surface area contributed by atoms with E-state index in [2.05, 4.69) is 25.3 Å². The molecular formula is C15H18N6O7S. The Balaban J connectivity index is 2.14. The minimum Gasteiger partial charge on any atom is -0.481 e. The molecule has 0 saturated heterocycles. The standard InChI is InChI=1S/C15H18N6O7S/c1-21(2)13(22)9-6-5-7-16-12(9)29(24,25)20-15(23)28-19-14-17-10(26-3)8-11(18-14)27-4/h5-8H,1-4H3,(H,20,23)(H,17,18,19). The van der Waals surface area contributed by atoms with Crippen molar-refractivity contribution in [3.63, 3.8) is 0 Å². The second-order valence-corrected chi connectivity index (χ2v) is 7.03. The van der Waals surface area contributed by atoms with Gasteiger partial charge in [-0.2, -0.15) is 23.9 Å². The summed E-state index contributed by atoms with van der Waals surface area (Å²) in [6, 6.07) is 4.03. The van der Waals surface area contributed by atoms with E-state index in [4.69, 9.17) is 9.47 Å². The van der Waals surface area contributed by atoms with Crippen molar-refractivity contribution in [3.8, 4) is 11.8 Å². The van der Waals surface area contributed by atoms with E-state index < -0.39 is 27.0 Å². The van der Waals surface area contributed by atoms with Gasteiger partial charge in [0.05, 0.1) is 25.8 Å². The molecule has 0 atom stereocenters. The SMILES string of the molecule is COc1cc(OC)nc(NOC(=O)NS(=O)(=O)c2ncccc2C(=O)N(C)C)n1. The van der Waals surface area contributed by atoms with Gasteiger partial charge in [-0.3, -0.25) is 4.79 Å². The van der Waals surface area contributed by atoms with E-state index in [1.54, 1.807) is 4.72 Å². The van der Waals surface area contributed by atoms with Gasteiger partial charge in [-0.25, -0.2) is 14.5 Å². The second-order valence-electron chi connectivity index (χ2n) is 5.43. The molecule has 0 bridgehead atoms. The second kappa shape index (κ2) is 9.01. The summed E-state index contributed by atoms with van der Waals surface area (Å²) in [4.78, 5) is 41.2. The molecule has 0 radical (unpaired) electrons. The van der Waals surface area contributed by atoms with Crippen molar-refractivity contribution in [1.29, 1.82) is 0 Å². The van der Waals surface area contributed by atoms with Gasteiger partial charge in [-0.15, -0.1) is 0 Å². The largest absolute Gasteiger partial charge is 0.481 e. The van der Waals surface area contributed by atoms with Crippen LogP contribution in [-0.2, 0) is 14.9 Å². The zero-order valence-corrected chi connectivity index (χ0v) is 16.7. The molecule has 0 aliphatic carbocycles. The highest BCUT2D eigenvalue weighted by molar-refractivity contribution is 7.90. The van der Waals surface area contributed by atoms with Crippen LogP contribution in [0.5, 0.6) is 11.8 Å². The number of aromatic nitrogens is 3. The lowest BCUT2D eigenvalue weighted by atomic mass is 10.2. The van der Waals surface area contributed by atoms with Crippen LogP contribution in [0, 0.1) is 0 Å². The quantitative estimate of drug-likeness (QED) is 0.574. The average Bonchev–Trinajstić information content (AvgIpc) is 2.70. The minimum atomic E-state index is -4.51. The summed E-state index contributed by atoms with van der Waals surface area (Å²) in [6.45, 7) is 0. The van der Waals surface area contributed by atoms with Crippen LogP contribution >= 0.6 is 0 Å².